The molecule has 1 aromatic heterocycles. The molecular formula is C15H15ClN2O2S. The number of halogens is 1. The molecule has 0 aliphatic carbocycles. The number of carboxylic acid groups (broad SMARTS) is 1. The zero-order valence-electron chi connectivity index (χ0n) is 11.3. The third-order valence-electron chi connectivity index (χ3n) is 3.59. The Hall–Kier alpha value is -1.72. The lowest BCUT2D eigenvalue weighted by atomic mass is 10.2. The van der Waals surface area contributed by atoms with Gasteiger partial charge in [0.15, 0.2) is 0 Å². The van der Waals surface area contributed by atoms with E-state index < -0.39 is 5.97 Å². The Kier molecular flexibility index (Phi) is 4.03. The molecule has 110 valence electrons. The fourth-order valence-electron chi connectivity index (χ4n) is 2.45. The maximum absolute atomic E-state index is 10.9. The van der Waals surface area contributed by atoms with Crippen molar-refractivity contribution in [3.05, 3.63) is 46.3 Å². The molecule has 1 aliphatic heterocycles. The van der Waals surface area contributed by atoms with Crippen LogP contribution in [-0.4, -0.2) is 37.3 Å². The molecule has 2 aromatic rings. The van der Waals surface area contributed by atoms with Crippen LogP contribution in [0.3, 0.4) is 0 Å². The van der Waals surface area contributed by atoms with Crippen LogP contribution in [0.2, 0.25) is 5.02 Å². The summed E-state index contributed by atoms with van der Waals surface area (Å²) in [5.41, 5.74) is 1.18. The lowest BCUT2D eigenvalue weighted by molar-refractivity contribution is 0.0702. The maximum Gasteiger partial charge on any atom is 0.345 e. The standard InChI is InChI=1S/C15H15ClN2O2S/c16-11-1-3-12(4-2-11)17-7-9-18(10-8-17)14-6-5-13(21-14)15(19)20/h1-6H,7-10H2,(H,19,20). The Morgan fingerprint density at radius 3 is 2.19 bits per heavy atom. The summed E-state index contributed by atoms with van der Waals surface area (Å²) in [6.45, 7) is 3.62. The average molecular weight is 323 g/mol. The van der Waals surface area contributed by atoms with Gasteiger partial charge in [-0.25, -0.2) is 4.79 Å². The largest absolute Gasteiger partial charge is 0.477 e. The molecule has 3 rings (SSSR count). The minimum absolute atomic E-state index is 0.394. The van der Waals surface area contributed by atoms with Gasteiger partial charge in [0.2, 0.25) is 0 Å². The van der Waals surface area contributed by atoms with Crippen molar-refractivity contribution in [2.24, 2.45) is 0 Å². The summed E-state index contributed by atoms with van der Waals surface area (Å²) < 4.78 is 0. The van der Waals surface area contributed by atoms with Crippen LogP contribution in [0.4, 0.5) is 10.7 Å². The minimum atomic E-state index is -0.856. The van der Waals surface area contributed by atoms with Crippen LogP contribution < -0.4 is 9.80 Å². The van der Waals surface area contributed by atoms with Gasteiger partial charge in [-0.15, -0.1) is 11.3 Å². The molecule has 21 heavy (non-hydrogen) atoms. The molecule has 0 unspecified atom stereocenters. The van der Waals surface area contributed by atoms with Crippen molar-refractivity contribution in [1.82, 2.24) is 0 Å². The molecule has 0 radical (unpaired) electrons. The summed E-state index contributed by atoms with van der Waals surface area (Å²) in [4.78, 5) is 15.9. The molecule has 1 N–H and O–H groups in total. The number of hydrogen-bond acceptors (Lipinski definition) is 4. The molecule has 1 fully saturated rings. The van der Waals surface area contributed by atoms with Crippen molar-refractivity contribution >= 4 is 39.6 Å². The molecule has 6 heteroatoms. The van der Waals surface area contributed by atoms with E-state index in [9.17, 15) is 4.79 Å². The first kappa shape index (κ1) is 14.2. The van der Waals surface area contributed by atoms with E-state index in [4.69, 9.17) is 16.7 Å². The minimum Gasteiger partial charge on any atom is -0.477 e. The van der Waals surface area contributed by atoms with Gasteiger partial charge in [0.1, 0.15) is 4.88 Å². The Balaban J connectivity index is 1.64. The van der Waals surface area contributed by atoms with E-state index in [1.54, 1.807) is 6.07 Å². The molecule has 2 heterocycles. The molecule has 0 bridgehead atoms. The SMILES string of the molecule is O=C(O)c1ccc(N2CCN(c3ccc(Cl)cc3)CC2)s1. The summed E-state index contributed by atoms with van der Waals surface area (Å²) in [5.74, 6) is -0.856. The highest BCUT2D eigenvalue weighted by molar-refractivity contribution is 7.17. The average Bonchev–Trinajstić information content (AvgIpc) is 2.98. The number of nitrogens with zero attached hydrogens (tertiary/aromatic N) is 2. The third-order valence-corrected chi connectivity index (χ3v) is 4.97. The number of benzene rings is 1. The third kappa shape index (κ3) is 3.14. The van der Waals surface area contributed by atoms with Crippen LogP contribution >= 0.6 is 22.9 Å². The van der Waals surface area contributed by atoms with Gasteiger partial charge in [-0.1, -0.05) is 11.6 Å². The number of carbonyl (C=O) groups is 1. The van der Waals surface area contributed by atoms with Crippen LogP contribution in [0.25, 0.3) is 0 Å². The second-order valence-corrected chi connectivity index (χ2v) is 6.39. The van der Waals surface area contributed by atoms with Crippen LogP contribution in [0.5, 0.6) is 0 Å². The van der Waals surface area contributed by atoms with Crippen molar-refractivity contribution in [3.63, 3.8) is 0 Å². The number of rotatable bonds is 3. The summed E-state index contributed by atoms with van der Waals surface area (Å²) >= 11 is 7.25. The second kappa shape index (κ2) is 5.95. The fraction of sp³-hybridized carbons (Fsp3) is 0.267. The Labute approximate surface area is 132 Å². The smallest absolute Gasteiger partial charge is 0.345 e. The summed E-state index contributed by atoms with van der Waals surface area (Å²) in [6, 6.07) is 11.4. The van der Waals surface area contributed by atoms with E-state index in [0.29, 0.717) is 4.88 Å². The fourth-order valence-corrected chi connectivity index (χ4v) is 3.47. The van der Waals surface area contributed by atoms with Crippen LogP contribution in [0.1, 0.15) is 9.67 Å². The van der Waals surface area contributed by atoms with Gasteiger partial charge < -0.3 is 14.9 Å². The normalized spacial score (nSPS) is 15.3. The maximum atomic E-state index is 10.9. The van der Waals surface area contributed by atoms with Gasteiger partial charge in [-0.2, -0.15) is 0 Å². The topological polar surface area (TPSA) is 43.8 Å². The number of hydrogen-bond donors (Lipinski definition) is 1. The van der Waals surface area contributed by atoms with Gasteiger partial charge in [-0.3, -0.25) is 0 Å². The Bertz CT molecular complexity index is 633. The molecule has 0 spiro atoms. The number of carboxylic acids is 1. The van der Waals surface area contributed by atoms with Crippen molar-refractivity contribution in [3.8, 4) is 0 Å². The highest BCUT2D eigenvalue weighted by atomic mass is 35.5. The first-order chi connectivity index (χ1) is 10.1. The quantitative estimate of drug-likeness (QED) is 0.940. The molecule has 1 aromatic carbocycles. The lowest BCUT2D eigenvalue weighted by Gasteiger charge is -2.36. The predicted molar refractivity (Wildman–Crippen MR) is 87.2 cm³/mol. The predicted octanol–water partition coefficient (Wildman–Crippen LogP) is 3.43. The van der Waals surface area contributed by atoms with Crippen LogP contribution in [-0.2, 0) is 0 Å². The Morgan fingerprint density at radius 1 is 1.00 bits per heavy atom. The van der Waals surface area contributed by atoms with E-state index in [0.717, 1.165) is 36.2 Å². The van der Waals surface area contributed by atoms with Crippen LogP contribution in [0, 0.1) is 0 Å². The summed E-state index contributed by atoms with van der Waals surface area (Å²) in [6.07, 6.45) is 0. The molecule has 4 nitrogen and oxygen atoms in total. The van der Waals surface area contributed by atoms with Crippen molar-refractivity contribution < 1.29 is 9.90 Å². The number of anilines is 2. The first-order valence-corrected chi connectivity index (χ1v) is 7.91. The van der Waals surface area contributed by atoms with Crippen molar-refractivity contribution in [1.29, 1.82) is 0 Å². The Morgan fingerprint density at radius 2 is 1.62 bits per heavy atom. The first-order valence-electron chi connectivity index (χ1n) is 6.72. The number of thiophene rings is 1. The van der Waals surface area contributed by atoms with Gasteiger partial charge in [0.05, 0.1) is 5.00 Å². The van der Waals surface area contributed by atoms with Crippen molar-refractivity contribution in [2.75, 3.05) is 36.0 Å². The summed E-state index contributed by atoms with van der Waals surface area (Å²) in [7, 11) is 0. The molecule has 0 atom stereocenters. The van der Waals surface area contributed by atoms with E-state index in [2.05, 4.69) is 9.80 Å². The molecule has 1 saturated heterocycles. The van der Waals surface area contributed by atoms with E-state index in [1.807, 2.05) is 30.3 Å². The molecule has 1 aliphatic rings. The van der Waals surface area contributed by atoms with Gasteiger partial charge in [-0.05, 0) is 36.4 Å². The second-order valence-electron chi connectivity index (χ2n) is 4.89. The van der Waals surface area contributed by atoms with Gasteiger partial charge >= 0.3 is 5.97 Å². The van der Waals surface area contributed by atoms with E-state index in [-0.39, 0.29) is 0 Å². The lowest BCUT2D eigenvalue weighted by Crippen LogP contribution is -2.46. The molecule has 0 saturated carbocycles. The van der Waals surface area contributed by atoms with E-state index >= 15 is 0 Å². The van der Waals surface area contributed by atoms with Crippen LogP contribution in [0.15, 0.2) is 36.4 Å². The number of aromatic carboxylic acids is 1. The molecule has 0 amide bonds. The summed E-state index contributed by atoms with van der Waals surface area (Å²) in [5, 5.41) is 10.8. The van der Waals surface area contributed by atoms with Crippen molar-refractivity contribution in [2.45, 2.75) is 0 Å². The van der Waals surface area contributed by atoms with Gasteiger partial charge in [0, 0.05) is 36.9 Å². The molecular weight excluding hydrogens is 308 g/mol. The highest BCUT2D eigenvalue weighted by Gasteiger charge is 2.19. The van der Waals surface area contributed by atoms with E-state index in [1.165, 1.54) is 17.0 Å². The van der Waals surface area contributed by atoms with Gasteiger partial charge in [0.25, 0.3) is 0 Å². The monoisotopic (exact) mass is 322 g/mol. The highest BCUT2D eigenvalue weighted by Crippen LogP contribution is 2.28. The number of piperazine rings is 1. The zero-order chi connectivity index (χ0) is 14.8. The zero-order valence-corrected chi connectivity index (χ0v) is 12.9.